The molecule has 0 saturated carbocycles. The molecular formula is C18H40OSi. The zero-order valence-corrected chi connectivity index (χ0v) is 16.8. The van der Waals surface area contributed by atoms with Gasteiger partial charge in [0, 0.05) is 6.10 Å². The second kappa shape index (κ2) is 8.58. The van der Waals surface area contributed by atoms with Crippen LogP contribution in [0.25, 0.3) is 0 Å². The lowest BCUT2D eigenvalue weighted by molar-refractivity contribution is 0.199. The van der Waals surface area contributed by atoms with Crippen LogP contribution < -0.4 is 0 Å². The number of hydrogen-bond donors (Lipinski definition) is 0. The minimum Gasteiger partial charge on any atom is -0.414 e. The van der Waals surface area contributed by atoms with Crippen molar-refractivity contribution in [1.29, 1.82) is 0 Å². The van der Waals surface area contributed by atoms with Crippen LogP contribution in [0.1, 0.15) is 75.7 Å². The highest BCUT2D eigenvalue weighted by Gasteiger charge is 2.48. The summed E-state index contributed by atoms with van der Waals surface area (Å²) >= 11 is 0. The van der Waals surface area contributed by atoms with Crippen LogP contribution in [0.2, 0.25) is 17.1 Å². The van der Waals surface area contributed by atoms with Crippen LogP contribution in [-0.4, -0.2) is 14.4 Å². The van der Waals surface area contributed by atoms with Crippen molar-refractivity contribution < 1.29 is 4.43 Å². The molecule has 1 nitrogen and oxygen atoms in total. The molecule has 2 atom stereocenters. The van der Waals surface area contributed by atoms with E-state index in [1.54, 1.807) is 0 Å². The summed E-state index contributed by atoms with van der Waals surface area (Å²) in [4.78, 5) is 0. The van der Waals surface area contributed by atoms with Crippen molar-refractivity contribution in [1.82, 2.24) is 0 Å². The Hall–Kier alpha value is 0.177. The Morgan fingerprint density at radius 3 is 1.50 bits per heavy atom. The Bertz CT molecular complexity index is 246. The third-order valence-corrected chi connectivity index (χ3v) is 10.8. The van der Waals surface area contributed by atoms with Gasteiger partial charge in [-0.3, -0.25) is 0 Å². The van der Waals surface area contributed by atoms with Gasteiger partial charge in [0.05, 0.1) is 0 Å². The van der Waals surface area contributed by atoms with Gasteiger partial charge in [0.15, 0.2) is 8.32 Å². The van der Waals surface area contributed by atoms with Crippen LogP contribution in [-0.2, 0) is 4.43 Å². The molecule has 0 radical (unpaired) electrons. The van der Waals surface area contributed by atoms with Crippen molar-refractivity contribution in [2.45, 2.75) is 98.9 Å². The molecule has 0 bridgehead atoms. The Morgan fingerprint density at radius 1 is 0.750 bits per heavy atom. The lowest BCUT2D eigenvalue weighted by Crippen LogP contribution is -2.51. The van der Waals surface area contributed by atoms with Crippen LogP contribution >= 0.6 is 0 Å². The molecule has 0 spiro atoms. The average molecular weight is 301 g/mol. The van der Waals surface area contributed by atoms with E-state index in [2.05, 4.69) is 69.2 Å². The van der Waals surface area contributed by atoms with Crippen molar-refractivity contribution in [2.24, 2.45) is 17.8 Å². The van der Waals surface area contributed by atoms with Gasteiger partial charge < -0.3 is 4.43 Å². The molecule has 0 N–H and O–H groups in total. The number of rotatable bonds is 9. The topological polar surface area (TPSA) is 9.23 Å². The first-order valence-electron chi connectivity index (χ1n) is 8.70. The van der Waals surface area contributed by atoms with E-state index >= 15 is 0 Å². The zero-order chi connectivity index (χ0) is 16.1. The second-order valence-electron chi connectivity index (χ2n) is 8.35. The third-order valence-electron chi connectivity index (χ3n) is 4.32. The van der Waals surface area contributed by atoms with E-state index in [-0.39, 0.29) is 0 Å². The van der Waals surface area contributed by atoms with Crippen LogP contribution in [0.15, 0.2) is 0 Å². The smallest absolute Gasteiger partial charge is 0.199 e. The molecule has 122 valence electrons. The van der Waals surface area contributed by atoms with E-state index in [1.807, 2.05) is 0 Å². The van der Waals surface area contributed by atoms with Crippen molar-refractivity contribution >= 4 is 8.32 Å². The van der Waals surface area contributed by atoms with E-state index in [1.165, 1.54) is 12.5 Å². The third kappa shape index (κ3) is 5.89. The van der Waals surface area contributed by atoms with Gasteiger partial charge in [-0.2, -0.15) is 0 Å². The van der Waals surface area contributed by atoms with Gasteiger partial charge in [-0.25, -0.2) is 0 Å². The molecule has 0 saturated heterocycles. The predicted octanol–water partition coefficient (Wildman–Crippen LogP) is 6.50. The predicted molar refractivity (Wildman–Crippen MR) is 94.8 cm³/mol. The standard InChI is InChI=1S/C18H40OSi/c1-13(2)11-18(15(5)6)20(17(9)10,12-14(3)4)19-16(7)8/h13-18H,11-12H2,1-10H3. The summed E-state index contributed by atoms with van der Waals surface area (Å²) in [6.07, 6.45) is 1.68. The summed E-state index contributed by atoms with van der Waals surface area (Å²) in [5.74, 6) is 2.22. The summed E-state index contributed by atoms with van der Waals surface area (Å²) in [6, 6.07) is 1.30. The fraction of sp³-hybridized carbons (Fsp3) is 1.00. The molecule has 0 fully saturated rings. The van der Waals surface area contributed by atoms with Gasteiger partial charge in [-0.05, 0) is 55.1 Å². The summed E-state index contributed by atoms with van der Waals surface area (Å²) in [5.41, 5.74) is 1.46. The normalized spacial score (nSPS) is 17.6. The van der Waals surface area contributed by atoms with Gasteiger partial charge in [0.1, 0.15) is 0 Å². The van der Waals surface area contributed by atoms with E-state index in [9.17, 15) is 0 Å². The van der Waals surface area contributed by atoms with Gasteiger partial charge in [-0.15, -0.1) is 0 Å². The van der Waals surface area contributed by atoms with E-state index in [0.717, 1.165) is 23.3 Å². The van der Waals surface area contributed by atoms with Crippen LogP contribution in [0.3, 0.4) is 0 Å². The van der Waals surface area contributed by atoms with Crippen molar-refractivity contribution in [3.8, 4) is 0 Å². The Kier molecular flexibility index (Phi) is 8.65. The molecule has 20 heavy (non-hydrogen) atoms. The van der Waals surface area contributed by atoms with E-state index in [4.69, 9.17) is 4.43 Å². The molecule has 0 aromatic rings. The Balaban J connectivity index is 5.60. The minimum atomic E-state index is -1.75. The maximum Gasteiger partial charge on any atom is 0.199 e. The minimum absolute atomic E-state index is 0.358. The van der Waals surface area contributed by atoms with Gasteiger partial charge in [0.25, 0.3) is 0 Å². The molecular weight excluding hydrogens is 260 g/mol. The first-order valence-corrected chi connectivity index (χ1v) is 11.0. The molecule has 0 aromatic carbocycles. The monoisotopic (exact) mass is 300 g/mol. The zero-order valence-electron chi connectivity index (χ0n) is 15.8. The average Bonchev–Trinajstić information content (AvgIpc) is 2.22. The molecule has 0 rings (SSSR count). The van der Waals surface area contributed by atoms with Crippen molar-refractivity contribution in [2.75, 3.05) is 0 Å². The molecule has 0 heterocycles. The van der Waals surface area contributed by atoms with Crippen LogP contribution in [0.5, 0.6) is 0 Å². The molecule has 0 aliphatic carbocycles. The summed E-state index contributed by atoms with van der Waals surface area (Å²) in [6.45, 7) is 23.5. The van der Waals surface area contributed by atoms with E-state index < -0.39 is 8.32 Å². The lowest BCUT2D eigenvalue weighted by Gasteiger charge is -2.46. The summed E-state index contributed by atoms with van der Waals surface area (Å²) < 4.78 is 6.77. The first kappa shape index (κ1) is 20.2. The second-order valence-corrected chi connectivity index (χ2v) is 12.8. The summed E-state index contributed by atoms with van der Waals surface area (Å²) in [7, 11) is -1.75. The Labute approximate surface area is 130 Å². The largest absolute Gasteiger partial charge is 0.414 e. The SMILES string of the molecule is CC(C)CC(C(C)C)[Si](CC(C)C)(OC(C)C)C(C)C. The molecule has 0 aliphatic heterocycles. The molecule has 0 aromatic heterocycles. The summed E-state index contributed by atoms with van der Waals surface area (Å²) in [5, 5.41) is 0. The molecule has 0 aliphatic rings. The van der Waals surface area contributed by atoms with Gasteiger partial charge in [0.2, 0.25) is 0 Å². The van der Waals surface area contributed by atoms with Crippen LogP contribution in [0.4, 0.5) is 0 Å². The lowest BCUT2D eigenvalue weighted by atomic mass is 10.00. The molecule has 2 heteroatoms. The van der Waals surface area contributed by atoms with Gasteiger partial charge in [-0.1, -0.05) is 55.4 Å². The first-order chi connectivity index (χ1) is 9.02. The highest BCUT2D eigenvalue weighted by atomic mass is 28.4. The number of hydrogen-bond acceptors (Lipinski definition) is 1. The molecule has 2 unspecified atom stereocenters. The maximum atomic E-state index is 6.77. The highest BCUT2D eigenvalue weighted by molar-refractivity contribution is 6.76. The Morgan fingerprint density at radius 2 is 1.25 bits per heavy atom. The maximum absolute atomic E-state index is 6.77. The fourth-order valence-electron chi connectivity index (χ4n) is 3.71. The fourth-order valence-corrected chi connectivity index (χ4v) is 10.0. The molecule has 0 amide bonds. The van der Waals surface area contributed by atoms with Crippen molar-refractivity contribution in [3.63, 3.8) is 0 Å². The van der Waals surface area contributed by atoms with Crippen molar-refractivity contribution in [3.05, 3.63) is 0 Å². The quantitative estimate of drug-likeness (QED) is 0.442. The van der Waals surface area contributed by atoms with Gasteiger partial charge >= 0.3 is 0 Å². The van der Waals surface area contributed by atoms with E-state index in [0.29, 0.717) is 11.6 Å². The van der Waals surface area contributed by atoms with Crippen LogP contribution in [0, 0.1) is 17.8 Å². The highest BCUT2D eigenvalue weighted by Crippen LogP contribution is 2.47.